The highest BCUT2D eigenvalue weighted by Gasteiger charge is 2.36. The summed E-state index contributed by atoms with van der Waals surface area (Å²) in [5.74, 6) is -2.31. The Balaban J connectivity index is 1.21. The predicted octanol–water partition coefficient (Wildman–Crippen LogP) is 7.07. The summed E-state index contributed by atoms with van der Waals surface area (Å²) in [7, 11) is 0. The molecule has 46 heavy (non-hydrogen) atoms. The van der Waals surface area contributed by atoms with Crippen LogP contribution in [0.25, 0.3) is 16.3 Å². The maximum Gasteiger partial charge on any atom is 0.335 e. The third-order valence-electron chi connectivity index (χ3n) is 7.89. The van der Waals surface area contributed by atoms with Crippen LogP contribution in [0.5, 0.6) is 0 Å². The third-order valence-corrected chi connectivity index (χ3v) is 10.1. The molecule has 7 rings (SSSR count). The highest BCUT2D eigenvalue weighted by molar-refractivity contribution is 8.03. The van der Waals surface area contributed by atoms with Crippen molar-refractivity contribution in [2.45, 2.75) is 18.0 Å². The number of ketones is 1. The van der Waals surface area contributed by atoms with Gasteiger partial charge in [0, 0.05) is 29.1 Å². The van der Waals surface area contributed by atoms with Crippen LogP contribution in [0.1, 0.15) is 36.9 Å². The van der Waals surface area contributed by atoms with Crippen molar-refractivity contribution in [3.05, 3.63) is 152 Å². The first kappa shape index (κ1) is 29.3. The minimum Gasteiger partial charge on any atom is -0.506 e. The molecule has 10 heteroatoms. The molecule has 0 bridgehead atoms. The number of carboxylic acids is 2. The van der Waals surface area contributed by atoms with Gasteiger partial charge in [0.1, 0.15) is 10.5 Å². The van der Waals surface area contributed by atoms with Crippen molar-refractivity contribution in [2.24, 2.45) is 0 Å². The van der Waals surface area contributed by atoms with Gasteiger partial charge in [0.15, 0.2) is 6.54 Å². The lowest BCUT2D eigenvalue weighted by Gasteiger charge is -2.23. The number of para-hydroxylation sites is 2. The highest BCUT2D eigenvalue weighted by atomic mass is 32.2. The molecule has 0 atom stereocenters. The van der Waals surface area contributed by atoms with Crippen molar-refractivity contribution in [1.29, 1.82) is 0 Å². The van der Waals surface area contributed by atoms with Gasteiger partial charge in [-0.3, -0.25) is 4.79 Å². The number of Topliss-reactive ketones (excluding diaryl/α,β-unsaturated/α-hetero) is 1. The fourth-order valence-electron chi connectivity index (χ4n) is 5.47. The minimum atomic E-state index is -0.987. The number of aliphatic hydroxyl groups is 1. The molecule has 1 aliphatic carbocycles. The van der Waals surface area contributed by atoms with Crippen LogP contribution in [0, 0.1) is 0 Å². The zero-order valence-electron chi connectivity index (χ0n) is 24.1. The molecular formula is C36H25N2O6S2+. The van der Waals surface area contributed by atoms with Gasteiger partial charge in [-0.1, -0.05) is 71.6 Å². The largest absolute Gasteiger partial charge is 0.506 e. The molecule has 0 saturated carbocycles. The van der Waals surface area contributed by atoms with Gasteiger partial charge in [0.2, 0.25) is 11.3 Å². The molecule has 2 aliphatic rings. The number of fused-ring (bicyclic) bond motifs is 2. The Bertz CT molecular complexity index is 2160. The van der Waals surface area contributed by atoms with Crippen LogP contribution in [0.2, 0.25) is 0 Å². The number of carboxylic acid groups (broad SMARTS) is 2. The van der Waals surface area contributed by atoms with Gasteiger partial charge in [-0.15, -0.1) is 0 Å². The fourth-order valence-corrected chi connectivity index (χ4v) is 7.68. The van der Waals surface area contributed by atoms with E-state index >= 15 is 0 Å². The summed E-state index contributed by atoms with van der Waals surface area (Å²) in [6, 6.07) is 29.2. The Morgan fingerprint density at radius 1 is 0.783 bits per heavy atom. The van der Waals surface area contributed by atoms with Crippen molar-refractivity contribution in [1.82, 2.24) is 0 Å². The van der Waals surface area contributed by atoms with Crippen LogP contribution in [-0.2, 0) is 17.9 Å². The second kappa shape index (κ2) is 11.8. The monoisotopic (exact) mass is 645 g/mol. The normalized spacial score (nSPS) is 15.9. The van der Waals surface area contributed by atoms with Crippen molar-refractivity contribution in [3.63, 3.8) is 0 Å². The zero-order chi connectivity index (χ0) is 31.9. The topological polar surface area (TPSA) is 119 Å². The molecule has 2 heterocycles. The first-order valence-corrected chi connectivity index (χ1v) is 15.9. The number of thiazole rings is 1. The quantitative estimate of drug-likeness (QED) is 0.121. The second-order valence-electron chi connectivity index (χ2n) is 10.8. The number of aromatic carboxylic acids is 2. The molecule has 226 valence electrons. The smallest absolute Gasteiger partial charge is 0.335 e. The number of rotatable bonds is 8. The molecule has 0 unspecified atom stereocenters. The number of nitrogens with zero attached hydrogens (tertiary/aromatic N) is 2. The van der Waals surface area contributed by atoms with Gasteiger partial charge >= 0.3 is 11.9 Å². The van der Waals surface area contributed by atoms with Crippen LogP contribution in [0.4, 0.5) is 5.69 Å². The average Bonchev–Trinajstić information content (AvgIpc) is 3.60. The average molecular weight is 646 g/mol. The number of carbonyl (C=O) groups is 3. The van der Waals surface area contributed by atoms with E-state index in [-0.39, 0.29) is 33.8 Å². The van der Waals surface area contributed by atoms with E-state index in [1.54, 1.807) is 60.7 Å². The standard InChI is InChI=1S/C36H24N2O6S2/c39-33-25(17-31-37(27-5-1-3-7-29(27)45-31)19-21-9-13-23(14-10-21)35(41)42)34(40)26(33)18-32-38(28-6-2-4-8-30(28)46-32)20-22-11-15-24(16-12-22)36(43)44/h1-18H,19-20H2,(H2-,39,40,41,42,43,44)/p+1. The Morgan fingerprint density at radius 2 is 1.41 bits per heavy atom. The lowest BCUT2D eigenvalue weighted by atomic mass is 9.88. The van der Waals surface area contributed by atoms with Crippen molar-refractivity contribution in [2.75, 3.05) is 4.90 Å². The first-order chi connectivity index (χ1) is 22.3. The number of aliphatic hydroxyl groups excluding tert-OH is 1. The van der Waals surface area contributed by atoms with E-state index in [0.717, 1.165) is 42.0 Å². The van der Waals surface area contributed by atoms with Crippen LogP contribution < -0.4 is 9.47 Å². The van der Waals surface area contributed by atoms with Crippen LogP contribution in [0.3, 0.4) is 0 Å². The number of hydrogen-bond donors (Lipinski definition) is 3. The maximum atomic E-state index is 13.5. The SMILES string of the molecule is O=C1C(/C=C2\Sc3ccccc3N2Cc2ccc(C(=O)O)cc2)=C(O)C/1=C\c1sc2ccccc2[n+]1Cc1ccc(C(=O)O)cc1. The highest BCUT2D eigenvalue weighted by Crippen LogP contribution is 2.48. The summed E-state index contributed by atoms with van der Waals surface area (Å²) in [5.41, 5.74) is 4.60. The molecule has 3 N–H and O–H groups in total. The summed E-state index contributed by atoms with van der Waals surface area (Å²) in [4.78, 5) is 39.2. The Labute approximate surface area is 271 Å². The summed E-state index contributed by atoms with van der Waals surface area (Å²) in [5, 5.41) is 31.3. The van der Waals surface area contributed by atoms with Gasteiger partial charge in [-0.2, -0.15) is 4.57 Å². The van der Waals surface area contributed by atoms with E-state index in [0.29, 0.717) is 13.1 Å². The number of benzene rings is 4. The van der Waals surface area contributed by atoms with E-state index in [1.807, 2.05) is 48.5 Å². The van der Waals surface area contributed by atoms with Gasteiger partial charge in [0.25, 0.3) is 5.01 Å². The second-order valence-corrected chi connectivity index (χ2v) is 12.9. The summed E-state index contributed by atoms with van der Waals surface area (Å²) in [6.07, 6.45) is 3.43. The molecule has 5 aromatic rings. The molecule has 0 radical (unpaired) electrons. The number of aromatic nitrogens is 1. The van der Waals surface area contributed by atoms with Gasteiger partial charge in [0.05, 0.1) is 33.0 Å². The van der Waals surface area contributed by atoms with E-state index in [2.05, 4.69) is 9.47 Å². The summed E-state index contributed by atoms with van der Waals surface area (Å²) >= 11 is 3.01. The van der Waals surface area contributed by atoms with Crippen LogP contribution in [-0.4, -0.2) is 33.0 Å². The van der Waals surface area contributed by atoms with E-state index in [9.17, 15) is 29.7 Å². The number of hydrogen-bond acceptors (Lipinski definition) is 7. The predicted molar refractivity (Wildman–Crippen MR) is 177 cm³/mol. The van der Waals surface area contributed by atoms with E-state index in [1.165, 1.54) is 23.1 Å². The molecule has 4 aromatic carbocycles. The Morgan fingerprint density at radius 3 is 2.09 bits per heavy atom. The summed E-state index contributed by atoms with van der Waals surface area (Å²) < 4.78 is 3.07. The molecule has 8 nitrogen and oxygen atoms in total. The van der Waals surface area contributed by atoms with Crippen LogP contribution >= 0.6 is 23.1 Å². The minimum absolute atomic E-state index is 0.0744. The lowest BCUT2D eigenvalue weighted by Crippen LogP contribution is -2.36. The molecule has 1 aromatic heterocycles. The van der Waals surface area contributed by atoms with E-state index < -0.39 is 11.9 Å². The van der Waals surface area contributed by atoms with Crippen LogP contribution in [0.15, 0.2) is 130 Å². The molecule has 0 amide bonds. The number of allylic oxidation sites excluding steroid dienone is 3. The van der Waals surface area contributed by atoms with E-state index in [4.69, 9.17) is 0 Å². The molecule has 1 aliphatic heterocycles. The van der Waals surface area contributed by atoms with Crippen molar-refractivity contribution in [3.8, 4) is 0 Å². The van der Waals surface area contributed by atoms with Gasteiger partial charge in [-0.25, -0.2) is 9.59 Å². The maximum absolute atomic E-state index is 13.5. The molecule has 0 spiro atoms. The number of thioether (sulfide) groups is 1. The van der Waals surface area contributed by atoms with Gasteiger partial charge < -0.3 is 20.2 Å². The lowest BCUT2D eigenvalue weighted by molar-refractivity contribution is -0.659. The third kappa shape index (κ3) is 5.38. The zero-order valence-corrected chi connectivity index (χ0v) is 25.7. The van der Waals surface area contributed by atoms with Crippen molar-refractivity contribution >= 4 is 62.8 Å². The van der Waals surface area contributed by atoms with Gasteiger partial charge in [-0.05, 0) is 54.1 Å². The van der Waals surface area contributed by atoms with Crippen molar-refractivity contribution < 1.29 is 34.3 Å². The molecular weight excluding hydrogens is 621 g/mol. The molecule has 0 fully saturated rings. The molecule has 0 saturated heterocycles. The number of carbonyl (C=O) groups excluding carboxylic acids is 1. The number of anilines is 1. The Kier molecular flexibility index (Phi) is 7.51. The summed E-state index contributed by atoms with van der Waals surface area (Å²) in [6.45, 7) is 0.909. The fraction of sp³-hybridized carbons (Fsp3) is 0.0556. The first-order valence-electron chi connectivity index (χ1n) is 14.3. The Hall–Kier alpha value is -5.45.